The van der Waals surface area contributed by atoms with E-state index in [9.17, 15) is 4.79 Å². The first-order valence-corrected chi connectivity index (χ1v) is 8.02. The summed E-state index contributed by atoms with van der Waals surface area (Å²) in [5, 5.41) is 7.99. The Bertz CT molecular complexity index is 647. The first kappa shape index (κ1) is 15.9. The van der Waals surface area contributed by atoms with Gasteiger partial charge in [-0.2, -0.15) is 0 Å². The van der Waals surface area contributed by atoms with Gasteiger partial charge in [-0.1, -0.05) is 15.9 Å². The lowest BCUT2D eigenvalue weighted by Gasteiger charge is -2.10. The van der Waals surface area contributed by atoms with E-state index >= 15 is 0 Å². The molecule has 110 valence electrons. The Balaban J connectivity index is 1.80. The third-order valence-electron chi connectivity index (χ3n) is 2.40. The average molecular weight is 386 g/mol. The van der Waals surface area contributed by atoms with Crippen molar-refractivity contribution in [3.63, 3.8) is 0 Å². The fourth-order valence-corrected chi connectivity index (χ4v) is 2.78. The van der Waals surface area contributed by atoms with Crippen molar-refractivity contribution < 1.29 is 9.53 Å². The SMILES string of the molecule is Cc1cc(Br)ccc1OCC(=O)NC(=S)Nc1nccs1. The Morgan fingerprint density at radius 3 is 3.00 bits per heavy atom. The number of rotatable bonds is 4. The van der Waals surface area contributed by atoms with Gasteiger partial charge >= 0.3 is 0 Å². The van der Waals surface area contributed by atoms with E-state index < -0.39 is 0 Å². The van der Waals surface area contributed by atoms with Crippen LogP contribution >= 0.6 is 39.5 Å². The van der Waals surface area contributed by atoms with Crippen LogP contribution in [-0.4, -0.2) is 22.6 Å². The molecule has 1 amide bonds. The molecule has 0 aliphatic rings. The average Bonchev–Trinajstić information content (AvgIpc) is 2.90. The molecule has 0 aliphatic carbocycles. The second kappa shape index (κ2) is 7.48. The van der Waals surface area contributed by atoms with E-state index in [-0.39, 0.29) is 17.6 Å². The lowest BCUT2D eigenvalue weighted by molar-refractivity contribution is -0.121. The summed E-state index contributed by atoms with van der Waals surface area (Å²) in [4.78, 5) is 15.8. The molecule has 0 unspecified atom stereocenters. The number of halogens is 1. The van der Waals surface area contributed by atoms with Crippen molar-refractivity contribution in [1.29, 1.82) is 0 Å². The van der Waals surface area contributed by atoms with Gasteiger partial charge in [-0.3, -0.25) is 10.1 Å². The highest BCUT2D eigenvalue weighted by Gasteiger charge is 2.08. The Hall–Kier alpha value is -1.51. The normalized spacial score (nSPS) is 10.0. The number of nitrogens with one attached hydrogen (secondary N) is 2. The number of ether oxygens (including phenoxy) is 1. The molecule has 0 aliphatic heterocycles. The summed E-state index contributed by atoms with van der Waals surface area (Å²) in [5.74, 6) is 0.332. The third-order valence-corrected chi connectivity index (χ3v) is 3.79. The van der Waals surface area contributed by atoms with Crippen molar-refractivity contribution in [2.45, 2.75) is 6.92 Å². The topological polar surface area (TPSA) is 63.2 Å². The van der Waals surface area contributed by atoms with E-state index in [1.807, 2.05) is 24.4 Å². The van der Waals surface area contributed by atoms with Crippen LogP contribution in [0.4, 0.5) is 5.13 Å². The largest absolute Gasteiger partial charge is 0.483 e. The van der Waals surface area contributed by atoms with Gasteiger partial charge in [0.25, 0.3) is 5.91 Å². The molecular formula is C13H12BrN3O2S2. The first-order valence-electron chi connectivity index (χ1n) is 5.94. The van der Waals surface area contributed by atoms with Gasteiger partial charge in [0.15, 0.2) is 16.9 Å². The highest BCUT2D eigenvalue weighted by atomic mass is 79.9. The second-order valence-corrected chi connectivity index (χ2v) is 6.26. The number of hydrogen-bond acceptors (Lipinski definition) is 5. The Kier molecular flexibility index (Phi) is 5.66. The van der Waals surface area contributed by atoms with Crippen molar-refractivity contribution in [2.75, 3.05) is 11.9 Å². The predicted octanol–water partition coefficient (Wildman–Crippen LogP) is 3.11. The number of carbonyl (C=O) groups excluding carboxylic acids is 1. The van der Waals surface area contributed by atoms with Crippen molar-refractivity contribution in [2.24, 2.45) is 0 Å². The van der Waals surface area contributed by atoms with Gasteiger partial charge in [-0.25, -0.2) is 4.98 Å². The summed E-state index contributed by atoms with van der Waals surface area (Å²) >= 11 is 9.78. The molecule has 0 bridgehead atoms. The van der Waals surface area contributed by atoms with Crippen LogP contribution in [0.2, 0.25) is 0 Å². The van der Waals surface area contributed by atoms with Gasteiger partial charge in [0.1, 0.15) is 5.75 Å². The van der Waals surface area contributed by atoms with Crippen molar-refractivity contribution in [3.8, 4) is 5.75 Å². The molecular weight excluding hydrogens is 374 g/mol. The maximum atomic E-state index is 11.7. The maximum absolute atomic E-state index is 11.7. The Morgan fingerprint density at radius 1 is 1.52 bits per heavy atom. The molecule has 1 aromatic heterocycles. The van der Waals surface area contributed by atoms with Gasteiger partial charge < -0.3 is 10.1 Å². The second-order valence-electron chi connectivity index (χ2n) is 4.04. The standard InChI is InChI=1S/C13H12BrN3O2S2/c1-8-6-9(14)2-3-10(8)19-7-11(18)16-12(20)17-13-15-4-5-21-13/h2-6H,7H2,1H3,(H2,15,16,17,18,20). The van der Waals surface area contributed by atoms with E-state index in [4.69, 9.17) is 17.0 Å². The Morgan fingerprint density at radius 2 is 2.33 bits per heavy atom. The maximum Gasteiger partial charge on any atom is 0.264 e. The Labute approximate surface area is 139 Å². The number of hydrogen-bond donors (Lipinski definition) is 2. The van der Waals surface area contributed by atoms with Gasteiger partial charge in [-0.05, 0) is 42.9 Å². The summed E-state index contributed by atoms with van der Waals surface area (Å²) in [5.41, 5.74) is 0.945. The van der Waals surface area contributed by atoms with Crippen LogP contribution in [0.15, 0.2) is 34.2 Å². The van der Waals surface area contributed by atoms with E-state index in [2.05, 4.69) is 31.5 Å². The molecule has 2 rings (SSSR count). The lowest BCUT2D eigenvalue weighted by Crippen LogP contribution is -2.37. The highest BCUT2D eigenvalue weighted by molar-refractivity contribution is 9.10. The lowest BCUT2D eigenvalue weighted by atomic mass is 10.2. The number of anilines is 1. The number of aromatic nitrogens is 1. The minimum atomic E-state index is -0.327. The van der Waals surface area contributed by atoms with Crippen LogP contribution in [-0.2, 0) is 4.79 Å². The fraction of sp³-hybridized carbons (Fsp3) is 0.154. The molecule has 0 saturated carbocycles. The molecule has 2 aromatic rings. The van der Waals surface area contributed by atoms with Gasteiger partial charge in [0, 0.05) is 16.0 Å². The van der Waals surface area contributed by atoms with Crippen LogP contribution in [0.5, 0.6) is 5.75 Å². The molecule has 0 atom stereocenters. The zero-order valence-corrected chi connectivity index (χ0v) is 14.3. The summed E-state index contributed by atoms with van der Waals surface area (Å²) in [6, 6.07) is 5.58. The number of aryl methyl sites for hydroxylation is 1. The number of thiazole rings is 1. The number of amides is 1. The third kappa shape index (κ3) is 5.07. The van der Waals surface area contributed by atoms with E-state index in [0.29, 0.717) is 10.9 Å². The molecule has 0 saturated heterocycles. The van der Waals surface area contributed by atoms with Crippen LogP contribution in [0.1, 0.15) is 5.56 Å². The molecule has 5 nitrogen and oxygen atoms in total. The first-order chi connectivity index (χ1) is 10.0. The molecule has 2 N–H and O–H groups in total. The molecule has 8 heteroatoms. The summed E-state index contributed by atoms with van der Waals surface area (Å²) in [7, 11) is 0. The van der Waals surface area contributed by atoms with Crippen LogP contribution in [0.25, 0.3) is 0 Å². The smallest absolute Gasteiger partial charge is 0.264 e. The number of nitrogens with zero attached hydrogens (tertiary/aromatic N) is 1. The fourth-order valence-electron chi connectivity index (χ4n) is 1.49. The van der Waals surface area contributed by atoms with E-state index in [1.54, 1.807) is 12.3 Å². The van der Waals surface area contributed by atoms with Crippen molar-refractivity contribution in [1.82, 2.24) is 10.3 Å². The zero-order valence-electron chi connectivity index (χ0n) is 11.1. The molecule has 1 heterocycles. The van der Waals surface area contributed by atoms with Gasteiger partial charge in [0.2, 0.25) is 0 Å². The number of benzene rings is 1. The van der Waals surface area contributed by atoms with Crippen LogP contribution < -0.4 is 15.4 Å². The zero-order chi connectivity index (χ0) is 15.2. The summed E-state index contributed by atoms with van der Waals surface area (Å²) in [6.45, 7) is 1.80. The van der Waals surface area contributed by atoms with Crippen LogP contribution in [0, 0.1) is 6.92 Å². The molecule has 0 fully saturated rings. The van der Waals surface area contributed by atoms with Gasteiger partial charge in [-0.15, -0.1) is 11.3 Å². The molecule has 21 heavy (non-hydrogen) atoms. The minimum absolute atomic E-state index is 0.109. The molecule has 0 spiro atoms. The van der Waals surface area contributed by atoms with E-state index in [0.717, 1.165) is 10.0 Å². The van der Waals surface area contributed by atoms with Crippen LogP contribution in [0.3, 0.4) is 0 Å². The summed E-state index contributed by atoms with van der Waals surface area (Å²) < 4.78 is 6.42. The molecule has 1 aromatic carbocycles. The monoisotopic (exact) mass is 385 g/mol. The summed E-state index contributed by atoms with van der Waals surface area (Å²) in [6.07, 6.45) is 1.65. The number of carbonyl (C=O) groups is 1. The quantitative estimate of drug-likeness (QED) is 0.791. The minimum Gasteiger partial charge on any atom is -0.483 e. The highest BCUT2D eigenvalue weighted by Crippen LogP contribution is 2.21. The van der Waals surface area contributed by atoms with Crippen molar-refractivity contribution in [3.05, 3.63) is 39.8 Å². The van der Waals surface area contributed by atoms with Crippen molar-refractivity contribution >= 4 is 55.6 Å². The van der Waals surface area contributed by atoms with E-state index in [1.165, 1.54) is 11.3 Å². The van der Waals surface area contributed by atoms with Gasteiger partial charge in [0.05, 0.1) is 0 Å². The molecule has 0 radical (unpaired) electrons. The number of thiocarbonyl (C=S) groups is 1. The predicted molar refractivity (Wildman–Crippen MR) is 90.9 cm³/mol.